The fourth-order valence-corrected chi connectivity index (χ4v) is 6.22. The summed E-state index contributed by atoms with van der Waals surface area (Å²) in [5, 5.41) is 50.8. The monoisotopic (exact) mass is 563 g/mol. The van der Waals surface area contributed by atoms with Crippen molar-refractivity contribution in [3.05, 3.63) is 70.8 Å². The third-order valence-corrected chi connectivity index (χ3v) is 8.06. The fraction of sp³-hybridized carbons (Fsp3) is 0.419. The number of amides is 2. The lowest BCUT2D eigenvalue weighted by molar-refractivity contribution is -0.123. The van der Waals surface area contributed by atoms with Crippen LogP contribution < -0.4 is 10.4 Å². The predicted octanol–water partition coefficient (Wildman–Crippen LogP) is 2.16. The maximum atomic E-state index is 13.7. The Morgan fingerprint density at radius 3 is 2.49 bits per heavy atom. The Kier molecular flexibility index (Phi) is 10.2. The van der Waals surface area contributed by atoms with Gasteiger partial charge in [0.15, 0.2) is 0 Å². The molecule has 1 saturated heterocycles. The van der Waals surface area contributed by atoms with Gasteiger partial charge in [0.05, 0.1) is 36.8 Å². The molecule has 1 aliphatic carbocycles. The Morgan fingerprint density at radius 2 is 1.85 bits per heavy atom. The van der Waals surface area contributed by atoms with Gasteiger partial charge < -0.3 is 30.1 Å². The molecule has 0 radical (unpaired) electrons. The minimum atomic E-state index is -1.76. The largest absolute Gasteiger partial charge is 0.508 e. The number of benzene rings is 2. The van der Waals surface area contributed by atoms with Crippen LogP contribution in [0.5, 0.6) is 5.75 Å². The maximum absolute atomic E-state index is 13.7. The van der Waals surface area contributed by atoms with Gasteiger partial charge in [-0.25, -0.2) is 0 Å². The fourth-order valence-electron chi connectivity index (χ4n) is 6.22. The van der Waals surface area contributed by atoms with Crippen molar-refractivity contribution in [2.45, 2.75) is 45.1 Å². The highest BCUT2D eigenvalue weighted by Gasteiger charge is 2.55. The number of phenolic OH excluding ortho intramolecular Hbond substituents is 1. The van der Waals surface area contributed by atoms with Gasteiger partial charge in [-0.1, -0.05) is 49.3 Å². The molecule has 2 aromatic carbocycles. The molecule has 0 unspecified atom stereocenters. The van der Waals surface area contributed by atoms with E-state index in [4.69, 9.17) is 4.74 Å². The van der Waals surface area contributed by atoms with Crippen molar-refractivity contribution in [3.8, 4) is 5.75 Å². The molecule has 9 nitrogen and oxygen atoms in total. The van der Waals surface area contributed by atoms with Crippen LogP contribution in [0.4, 0.5) is 5.69 Å². The molecule has 2 amide bonds. The lowest BCUT2D eigenvalue weighted by atomic mass is 9.68. The van der Waals surface area contributed by atoms with Gasteiger partial charge in [0, 0.05) is 13.0 Å². The van der Waals surface area contributed by atoms with Gasteiger partial charge in [-0.15, -0.1) is 0 Å². The van der Waals surface area contributed by atoms with E-state index in [2.05, 4.69) is 13.0 Å². The van der Waals surface area contributed by atoms with Gasteiger partial charge in [0.2, 0.25) is 11.8 Å². The van der Waals surface area contributed by atoms with Gasteiger partial charge in [0.1, 0.15) is 5.75 Å². The van der Waals surface area contributed by atoms with Crippen LogP contribution in [0.1, 0.15) is 44.6 Å². The zero-order valence-corrected chi connectivity index (χ0v) is 23.4. The summed E-state index contributed by atoms with van der Waals surface area (Å²) in [6.07, 6.45) is 4.01. The second-order valence-corrected chi connectivity index (χ2v) is 10.8. The molecule has 4 rings (SSSR count). The number of nitrogens with zero attached hydrogens (tertiary/aromatic N) is 1. The highest BCUT2D eigenvalue weighted by atomic mass is 16.5. The first-order valence-corrected chi connectivity index (χ1v) is 14.0. The van der Waals surface area contributed by atoms with Crippen molar-refractivity contribution in [2.75, 3.05) is 25.2 Å². The SMILES string of the molecule is CCC/C(=C\c1ccc(O)cc1)CC[C@@H](O)C1=C(COC)C[C@H]2C(=O)N(c3cccc(B(O)O)c3)C(=O)[C@H]2[C@H]1CO. The number of carbonyl (C=O) groups is 2. The van der Waals surface area contributed by atoms with Crippen molar-refractivity contribution in [3.63, 3.8) is 0 Å². The van der Waals surface area contributed by atoms with Crippen LogP contribution in [-0.2, 0) is 14.3 Å². The molecule has 0 spiro atoms. The number of fused-ring (bicyclic) bond motifs is 1. The van der Waals surface area contributed by atoms with Crippen LogP contribution in [-0.4, -0.2) is 70.7 Å². The van der Waals surface area contributed by atoms with E-state index in [1.54, 1.807) is 24.3 Å². The number of hydrogen-bond donors (Lipinski definition) is 5. The number of anilines is 1. The van der Waals surface area contributed by atoms with E-state index >= 15 is 0 Å². The molecule has 0 saturated carbocycles. The summed E-state index contributed by atoms with van der Waals surface area (Å²) in [7, 11) is -0.233. The molecule has 41 heavy (non-hydrogen) atoms. The Labute approximate surface area is 240 Å². The Balaban J connectivity index is 1.61. The van der Waals surface area contributed by atoms with Crippen molar-refractivity contribution >= 4 is 36.2 Å². The van der Waals surface area contributed by atoms with E-state index in [9.17, 15) is 35.0 Å². The lowest BCUT2D eigenvalue weighted by Crippen LogP contribution is -2.40. The lowest BCUT2D eigenvalue weighted by Gasteiger charge is -2.36. The Hall–Kier alpha value is -3.28. The number of hydrogen-bond acceptors (Lipinski definition) is 8. The zero-order valence-electron chi connectivity index (χ0n) is 23.4. The van der Waals surface area contributed by atoms with Crippen LogP contribution >= 0.6 is 0 Å². The van der Waals surface area contributed by atoms with Crippen LogP contribution in [0.15, 0.2) is 65.3 Å². The summed E-state index contributed by atoms with van der Waals surface area (Å²) in [5.41, 5.74) is 3.72. The number of methoxy groups -OCH3 is 1. The molecule has 10 heteroatoms. The summed E-state index contributed by atoms with van der Waals surface area (Å²) in [5.74, 6) is -3.07. The normalized spacial score (nSPS) is 21.9. The molecule has 5 N–H and O–H groups in total. The smallest absolute Gasteiger partial charge is 0.488 e. The van der Waals surface area contributed by atoms with Crippen molar-refractivity contribution in [2.24, 2.45) is 17.8 Å². The molecule has 4 atom stereocenters. The van der Waals surface area contributed by atoms with Crippen molar-refractivity contribution < 1.29 is 39.7 Å². The summed E-state index contributed by atoms with van der Waals surface area (Å²) in [4.78, 5) is 28.3. The average molecular weight is 563 g/mol. The van der Waals surface area contributed by atoms with E-state index < -0.39 is 49.4 Å². The quantitative estimate of drug-likeness (QED) is 0.150. The summed E-state index contributed by atoms with van der Waals surface area (Å²) >= 11 is 0. The number of aliphatic hydroxyl groups excluding tert-OH is 2. The molecular weight excluding hydrogens is 525 g/mol. The summed E-state index contributed by atoms with van der Waals surface area (Å²) in [6, 6.07) is 12.9. The van der Waals surface area contributed by atoms with E-state index in [0.29, 0.717) is 24.0 Å². The van der Waals surface area contributed by atoms with E-state index in [1.165, 1.54) is 19.2 Å². The summed E-state index contributed by atoms with van der Waals surface area (Å²) in [6.45, 7) is 1.81. The number of imide groups is 1. The zero-order chi connectivity index (χ0) is 29.7. The summed E-state index contributed by atoms with van der Waals surface area (Å²) < 4.78 is 5.42. The van der Waals surface area contributed by atoms with Crippen molar-refractivity contribution in [1.82, 2.24) is 0 Å². The average Bonchev–Trinajstić information content (AvgIpc) is 3.21. The predicted molar refractivity (Wildman–Crippen MR) is 156 cm³/mol. The number of rotatable bonds is 12. The van der Waals surface area contributed by atoms with E-state index in [0.717, 1.165) is 28.9 Å². The number of phenols is 1. The first kappa shape index (κ1) is 30.7. The van der Waals surface area contributed by atoms with E-state index in [-0.39, 0.29) is 29.9 Å². The molecule has 1 heterocycles. The molecule has 1 fully saturated rings. The van der Waals surface area contributed by atoms with Crippen LogP contribution in [0.2, 0.25) is 0 Å². The molecule has 2 aliphatic rings. The van der Waals surface area contributed by atoms with Crippen LogP contribution in [0.3, 0.4) is 0 Å². The van der Waals surface area contributed by atoms with Crippen molar-refractivity contribution in [1.29, 1.82) is 0 Å². The highest BCUT2D eigenvalue weighted by molar-refractivity contribution is 6.58. The molecule has 0 aromatic heterocycles. The highest BCUT2D eigenvalue weighted by Crippen LogP contribution is 2.47. The number of ether oxygens (including phenoxy) is 1. The maximum Gasteiger partial charge on any atom is 0.488 e. The second-order valence-electron chi connectivity index (χ2n) is 10.8. The second kappa shape index (κ2) is 13.6. The number of aromatic hydroxyl groups is 1. The third-order valence-electron chi connectivity index (χ3n) is 8.06. The molecule has 2 aromatic rings. The minimum Gasteiger partial charge on any atom is -0.508 e. The molecular formula is C31H38BNO8. The van der Waals surface area contributed by atoms with Crippen LogP contribution in [0, 0.1) is 17.8 Å². The number of carbonyl (C=O) groups excluding carboxylic acids is 2. The number of aliphatic hydroxyl groups is 2. The first-order chi connectivity index (χ1) is 19.7. The number of allylic oxidation sites excluding steroid dienone is 1. The van der Waals surface area contributed by atoms with Gasteiger partial charge in [-0.05, 0) is 72.1 Å². The van der Waals surface area contributed by atoms with Gasteiger partial charge >= 0.3 is 7.12 Å². The van der Waals surface area contributed by atoms with Gasteiger partial charge in [-0.2, -0.15) is 0 Å². The molecule has 0 bridgehead atoms. The first-order valence-electron chi connectivity index (χ1n) is 14.0. The van der Waals surface area contributed by atoms with Crippen LogP contribution in [0.25, 0.3) is 6.08 Å². The molecule has 218 valence electrons. The van der Waals surface area contributed by atoms with Gasteiger partial charge in [-0.3, -0.25) is 14.5 Å². The topological polar surface area (TPSA) is 148 Å². The Morgan fingerprint density at radius 1 is 1.12 bits per heavy atom. The Bertz CT molecular complexity index is 1310. The standard InChI is InChI=1S/C31H38BNO8/c1-3-5-19(14-20-8-11-24(35)12-9-20)10-13-27(36)28-21(18-41-2)15-25-29(26(28)17-34)31(38)33(30(25)37)23-7-4-6-22(16-23)32(39)40/h4,6-9,11-12,14,16,25-27,29,34-36,39-40H,3,5,10,13,15,17-18H2,1-2H3/b19-14+/t25-,26+,27-,29-/m1/s1. The minimum absolute atomic E-state index is 0.147. The van der Waals surface area contributed by atoms with Gasteiger partial charge in [0.25, 0.3) is 0 Å². The molecule has 1 aliphatic heterocycles. The third kappa shape index (κ3) is 6.63. The van der Waals surface area contributed by atoms with E-state index in [1.807, 2.05) is 12.1 Å².